The molecule has 0 saturated carbocycles. The maximum Gasteiger partial charge on any atom is 0.204 e. The number of aromatic amines is 1. The molecule has 10 nitrogen and oxygen atoms in total. The Morgan fingerprint density at radius 1 is 0.964 bits per heavy atom. The summed E-state index contributed by atoms with van der Waals surface area (Å²) in [6.07, 6.45) is 4.17. The number of ether oxygens (including phenoxy) is 3. The number of carbonyl (C=O) groups excluding carboxylic acids is 1. The van der Waals surface area contributed by atoms with Crippen molar-refractivity contribution in [2.24, 2.45) is 0 Å². The van der Waals surface area contributed by atoms with Gasteiger partial charge in [-0.25, -0.2) is 0 Å². The Morgan fingerprint density at radius 2 is 1.75 bits per heavy atom. The molecule has 0 bridgehead atoms. The maximum absolute atomic E-state index is 14.1. The molecule has 7 rings (SSSR count). The molecule has 2 unspecified atom stereocenters. The number of rotatable bonds is 14. The van der Waals surface area contributed by atoms with E-state index in [4.69, 9.17) is 14.2 Å². The van der Waals surface area contributed by atoms with Crippen LogP contribution in [0.3, 0.4) is 0 Å². The van der Waals surface area contributed by atoms with Gasteiger partial charge in [-0.3, -0.25) is 4.79 Å². The summed E-state index contributed by atoms with van der Waals surface area (Å²) in [5.74, 6) is 1.26. The number of carbonyl (C=O) groups is 1. The highest BCUT2D eigenvalue weighted by Crippen LogP contribution is 2.53. The lowest BCUT2D eigenvalue weighted by Gasteiger charge is -2.30. The van der Waals surface area contributed by atoms with E-state index in [0.717, 1.165) is 66.2 Å². The van der Waals surface area contributed by atoms with Crippen molar-refractivity contribution in [3.05, 3.63) is 125 Å². The molecule has 2 aliphatic heterocycles. The third-order valence-electron chi connectivity index (χ3n) is 10.4. The Balaban J connectivity index is 1.18. The van der Waals surface area contributed by atoms with Gasteiger partial charge in [0.25, 0.3) is 0 Å². The predicted molar refractivity (Wildman–Crippen MR) is 215 cm³/mol. The van der Waals surface area contributed by atoms with Gasteiger partial charge >= 0.3 is 0 Å². The number of anilines is 1. The SMILES string of the molecule is CCc1cc(-c2cccc(CCc3c(O)c(OC)c(OCCC(O)C=Cc4ccccc4)c4c3OC(c3ccc(O)cc3)CC4=O)c2)c(N2CCNCC2)[nH]1. The minimum atomic E-state index is -0.802. The van der Waals surface area contributed by atoms with Gasteiger partial charge in [0.1, 0.15) is 29.0 Å². The second-order valence-corrected chi connectivity index (χ2v) is 14.0. The number of benzene rings is 4. The monoisotopic (exact) mass is 743 g/mol. The Morgan fingerprint density at radius 3 is 2.49 bits per heavy atom. The van der Waals surface area contributed by atoms with Crippen molar-refractivity contribution < 1.29 is 34.3 Å². The molecular formula is C45H49N3O7. The lowest BCUT2D eigenvalue weighted by atomic mass is 9.90. The number of nitrogens with one attached hydrogen (secondary N) is 2. The van der Waals surface area contributed by atoms with Crippen LogP contribution >= 0.6 is 0 Å². The van der Waals surface area contributed by atoms with Crippen molar-refractivity contribution in [1.29, 1.82) is 0 Å². The van der Waals surface area contributed by atoms with E-state index in [1.165, 1.54) is 12.8 Å². The molecule has 0 amide bonds. The van der Waals surface area contributed by atoms with E-state index in [1.54, 1.807) is 30.3 Å². The molecule has 5 N–H and O–H groups in total. The predicted octanol–water partition coefficient (Wildman–Crippen LogP) is 7.41. The molecule has 1 saturated heterocycles. The molecule has 3 heterocycles. The van der Waals surface area contributed by atoms with Crippen molar-refractivity contribution in [2.75, 3.05) is 44.8 Å². The first-order valence-corrected chi connectivity index (χ1v) is 19.1. The second kappa shape index (κ2) is 17.2. The van der Waals surface area contributed by atoms with E-state index in [2.05, 4.69) is 52.5 Å². The normalized spacial score (nSPS) is 16.2. The summed E-state index contributed by atoms with van der Waals surface area (Å²) in [7, 11) is 1.43. The minimum absolute atomic E-state index is 0.0256. The van der Waals surface area contributed by atoms with Crippen molar-refractivity contribution in [2.45, 2.75) is 51.2 Å². The number of fused-ring (bicyclic) bond motifs is 1. The van der Waals surface area contributed by atoms with Gasteiger partial charge in [0.15, 0.2) is 17.3 Å². The summed E-state index contributed by atoms with van der Waals surface area (Å²) in [5.41, 5.74) is 6.86. The van der Waals surface area contributed by atoms with Crippen molar-refractivity contribution in [3.8, 4) is 39.9 Å². The standard InChI is InChI=1S/C45H49N3O7/c1-3-33-27-37(45(47-33)48-23-21-46-22-24-48)32-11-7-10-30(26-32)13-19-36-41(52)44(53-2)43(54-25-20-35(50)16-12-29-8-5-4-6-9-29)40-38(51)28-39(55-42(36)40)31-14-17-34(49)18-15-31/h4-12,14-18,26-27,35,39,46-47,49-50,52H,3,13,19-25,28H2,1-2H3. The number of phenols is 2. The molecule has 10 heteroatoms. The van der Waals surface area contributed by atoms with Crippen LogP contribution in [0.25, 0.3) is 17.2 Å². The summed E-state index contributed by atoms with van der Waals surface area (Å²) in [5, 5.41) is 35.9. The second-order valence-electron chi connectivity index (χ2n) is 14.0. The van der Waals surface area contributed by atoms with Crippen LogP contribution < -0.4 is 24.4 Å². The summed E-state index contributed by atoms with van der Waals surface area (Å²) >= 11 is 0. The average molecular weight is 744 g/mol. The number of nitrogens with zero attached hydrogens (tertiary/aromatic N) is 1. The highest BCUT2D eigenvalue weighted by molar-refractivity contribution is 6.04. The number of H-pyrrole nitrogens is 1. The van der Waals surface area contributed by atoms with E-state index in [-0.39, 0.29) is 59.5 Å². The number of aliphatic hydroxyl groups excluding tert-OH is 1. The Kier molecular flexibility index (Phi) is 11.7. The van der Waals surface area contributed by atoms with Crippen LogP contribution in [-0.4, -0.2) is 72.1 Å². The Bertz CT molecular complexity index is 2120. The maximum atomic E-state index is 14.1. The number of hydrogen-bond acceptors (Lipinski definition) is 9. The number of ketones is 1. The number of hydrogen-bond donors (Lipinski definition) is 5. The number of Topliss-reactive ketones (excluding diaryl/α,β-unsaturated/α-hetero) is 1. The summed E-state index contributed by atoms with van der Waals surface area (Å²) in [6, 6.07) is 27.0. The van der Waals surface area contributed by atoms with Gasteiger partial charge in [0.2, 0.25) is 5.75 Å². The minimum Gasteiger partial charge on any atom is -0.508 e. The van der Waals surface area contributed by atoms with Crippen LogP contribution in [0.15, 0.2) is 91.0 Å². The van der Waals surface area contributed by atoms with Gasteiger partial charge in [-0.05, 0) is 59.7 Å². The first kappa shape index (κ1) is 37.6. The van der Waals surface area contributed by atoms with E-state index in [0.29, 0.717) is 18.4 Å². The zero-order valence-electron chi connectivity index (χ0n) is 31.4. The molecule has 2 atom stereocenters. The van der Waals surface area contributed by atoms with Gasteiger partial charge in [0, 0.05) is 49.4 Å². The lowest BCUT2D eigenvalue weighted by Crippen LogP contribution is -2.43. The molecular weight excluding hydrogens is 695 g/mol. The number of phenolic OH excluding ortho intramolecular Hbond substituents is 2. The highest BCUT2D eigenvalue weighted by Gasteiger charge is 2.37. The number of methoxy groups -OCH3 is 1. The summed E-state index contributed by atoms with van der Waals surface area (Å²) in [4.78, 5) is 20.1. The quantitative estimate of drug-likeness (QED) is 0.0788. The van der Waals surface area contributed by atoms with E-state index < -0.39 is 12.2 Å². The van der Waals surface area contributed by atoms with Crippen LogP contribution in [0.1, 0.15) is 64.2 Å². The smallest absolute Gasteiger partial charge is 0.204 e. The van der Waals surface area contributed by atoms with E-state index in [1.807, 2.05) is 36.4 Å². The average Bonchev–Trinajstić information content (AvgIpc) is 3.66. The van der Waals surface area contributed by atoms with Gasteiger partial charge in [-0.2, -0.15) is 0 Å². The molecule has 2 aliphatic rings. The number of aryl methyl sites for hydroxylation is 2. The summed E-state index contributed by atoms with van der Waals surface area (Å²) < 4.78 is 18.5. The van der Waals surface area contributed by atoms with Gasteiger partial charge in [-0.1, -0.05) is 85.8 Å². The Hall–Kier alpha value is -5.71. The molecule has 4 aromatic carbocycles. The molecule has 0 spiro atoms. The van der Waals surface area contributed by atoms with Crippen molar-refractivity contribution >= 4 is 17.7 Å². The fraction of sp³-hybridized carbons (Fsp3) is 0.311. The molecule has 5 aromatic rings. The number of piperazine rings is 1. The Labute approximate surface area is 322 Å². The van der Waals surface area contributed by atoms with E-state index in [9.17, 15) is 20.1 Å². The number of aromatic hydroxyl groups is 2. The first-order chi connectivity index (χ1) is 26.8. The van der Waals surface area contributed by atoms with Crippen LogP contribution in [0.4, 0.5) is 5.82 Å². The molecule has 55 heavy (non-hydrogen) atoms. The highest BCUT2D eigenvalue weighted by atomic mass is 16.5. The molecule has 1 aromatic heterocycles. The van der Waals surface area contributed by atoms with Gasteiger partial charge in [0.05, 0.1) is 26.2 Å². The largest absolute Gasteiger partial charge is 0.508 e. The number of aliphatic hydroxyl groups is 1. The van der Waals surface area contributed by atoms with Crippen LogP contribution in [0.5, 0.6) is 28.7 Å². The third-order valence-corrected chi connectivity index (χ3v) is 10.4. The zero-order valence-corrected chi connectivity index (χ0v) is 31.4. The zero-order chi connectivity index (χ0) is 38.3. The van der Waals surface area contributed by atoms with Crippen molar-refractivity contribution in [3.63, 3.8) is 0 Å². The van der Waals surface area contributed by atoms with Crippen molar-refractivity contribution in [1.82, 2.24) is 10.3 Å². The topological polar surface area (TPSA) is 137 Å². The van der Waals surface area contributed by atoms with Gasteiger partial charge < -0.3 is 44.7 Å². The molecule has 1 fully saturated rings. The molecule has 286 valence electrons. The number of aromatic nitrogens is 1. The molecule has 0 aliphatic carbocycles. The first-order valence-electron chi connectivity index (χ1n) is 19.1. The molecule has 0 radical (unpaired) electrons. The summed E-state index contributed by atoms with van der Waals surface area (Å²) in [6.45, 7) is 5.94. The van der Waals surface area contributed by atoms with E-state index >= 15 is 0 Å². The fourth-order valence-corrected chi connectivity index (χ4v) is 7.37. The fourth-order valence-electron chi connectivity index (χ4n) is 7.37. The van der Waals surface area contributed by atoms with Gasteiger partial charge in [-0.15, -0.1) is 0 Å². The third kappa shape index (κ3) is 8.51. The van der Waals surface area contributed by atoms with Crippen LogP contribution in [-0.2, 0) is 19.3 Å². The van der Waals surface area contributed by atoms with Crippen LogP contribution in [0, 0.1) is 0 Å². The van der Waals surface area contributed by atoms with Crippen LogP contribution in [0.2, 0.25) is 0 Å². The lowest BCUT2D eigenvalue weighted by molar-refractivity contribution is 0.0836.